The van der Waals surface area contributed by atoms with Gasteiger partial charge in [0.1, 0.15) is 6.54 Å². The van der Waals surface area contributed by atoms with Crippen LogP contribution < -0.4 is 11.1 Å². The number of oxazole rings is 1. The molecule has 1 N–H and O–H groups in total. The van der Waals surface area contributed by atoms with Crippen molar-refractivity contribution in [2.75, 3.05) is 0 Å². The topological polar surface area (TPSA) is 64.2 Å². The number of carbonyl (C=O) groups excluding carboxylic acids is 1. The molecule has 1 aromatic carbocycles. The van der Waals surface area contributed by atoms with Gasteiger partial charge in [-0.1, -0.05) is 12.1 Å². The highest BCUT2D eigenvalue weighted by molar-refractivity contribution is 5.79. The van der Waals surface area contributed by atoms with Crippen LogP contribution in [0.4, 0.5) is 0 Å². The minimum atomic E-state index is -0.469. The molecule has 1 amide bonds. The summed E-state index contributed by atoms with van der Waals surface area (Å²) in [4.78, 5) is 24.8. The molecular weight excluding hydrogens is 328 g/mol. The Labute approximate surface area is 152 Å². The van der Waals surface area contributed by atoms with Gasteiger partial charge < -0.3 is 9.73 Å². The number of amides is 1. The molecule has 4 aliphatic rings. The maximum absolute atomic E-state index is 12.7. The Balaban J connectivity index is 1.32. The average molecular weight is 354 g/mol. The van der Waals surface area contributed by atoms with Gasteiger partial charge in [0.15, 0.2) is 5.58 Å². The number of nitrogens with zero attached hydrogens (tertiary/aromatic N) is 1. The van der Waals surface area contributed by atoms with Crippen LogP contribution in [0.2, 0.25) is 0 Å². The number of carbonyl (C=O) groups is 1. The van der Waals surface area contributed by atoms with E-state index in [2.05, 4.69) is 12.2 Å². The maximum atomic E-state index is 12.7. The van der Waals surface area contributed by atoms with Crippen molar-refractivity contribution in [3.05, 3.63) is 34.8 Å². The van der Waals surface area contributed by atoms with Gasteiger partial charge in [-0.15, -0.1) is 0 Å². The molecule has 26 heavy (non-hydrogen) atoms. The minimum absolute atomic E-state index is 0.0204. The van der Waals surface area contributed by atoms with Gasteiger partial charge in [0.25, 0.3) is 0 Å². The molecule has 4 bridgehead atoms. The lowest BCUT2D eigenvalue weighted by Crippen LogP contribution is -2.56. The standard InChI is InChI=1S/C21H26N2O3/c1-13(21-9-14-6-15(10-21)8-16(7-14)11-21)22-19(24)12-23-17-4-2-3-5-18(17)26-20(23)25/h2-5,13-16H,6-12H2,1H3,(H,22,24)/t13-,14?,15?,16?,21?/m1/s1. The van der Waals surface area contributed by atoms with E-state index in [1.165, 1.54) is 43.1 Å². The molecule has 5 heteroatoms. The Morgan fingerprint density at radius 1 is 1.19 bits per heavy atom. The third kappa shape index (κ3) is 2.51. The van der Waals surface area contributed by atoms with Crippen LogP contribution in [0.5, 0.6) is 0 Å². The molecule has 0 spiro atoms. The molecule has 2 aromatic rings. The first-order chi connectivity index (χ1) is 12.5. The lowest BCUT2D eigenvalue weighted by molar-refractivity contribution is -0.126. The number of nitrogens with one attached hydrogen (secondary N) is 1. The number of benzene rings is 1. The normalized spacial score (nSPS) is 33.5. The van der Waals surface area contributed by atoms with E-state index < -0.39 is 5.76 Å². The smallest absolute Gasteiger partial charge is 0.408 e. The first-order valence-electron chi connectivity index (χ1n) is 9.90. The van der Waals surface area contributed by atoms with Crippen LogP contribution in [0.3, 0.4) is 0 Å². The SMILES string of the molecule is C[C@@H](NC(=O)Cn1c(=O)oc2ccccc21)C12CC3CC(CC(C3)C1)C2. The first-order valence-corrected chi connectivity index (χ1v) is 9.90. The predicted molar refractivity (Wildman–Crippen MR) is 98.7 cm³/mol. The lowest BCUT2D eigenvalue weighted by atomic mass is 9.48. The number of hydrogen-bond donors (Lipinski definition) is 1. The van der Waals surface area contributed by atoms with Crippen molar-refractivity contribution in [1.29, 1.82) is 0 Å². The zero-order valence-electron chi connectivity index (χ0n) is 15.2. The summed E-state index contributed by atoms with van der Waals surface area (Å²) in [6, 6.07) is 7.41. The van der Waals surface area contributed by atoms with E-state index in [1.807, 2.05) is 18.2 Å². The molecule has 5 nitrogen and oxygen atoms in total. The number of para-hydroxylation sites is 2. The van der Waals surface area contributed by atoms with Crippen LogP contribution in [0.15, 0.2) is 33.5 Å². The molecule has 4 saturated carbocycles. The molecule has 1 atom stereocenters. The van der Waals surface area contributed by atoms with Crippen LogP contribution >= 0.6 is 0 Å². The van der Waals surface area contributed by atoms with Crippen LogP contribution in [0, 0.1) is 23.2 Å². The molecule has 6 rings (SSSR count). The fourth-order valence-corrected chi connectivity index (χ4v) is 6.46. The second kappa shape index (κ2) is 5.73. The highest BCUT2D eigenvalue weighted by Gasteiger charge is 2.53. The monoisotopic (exact) mass is 354 g/mol. The highest BCUT2D eigenvalue weighted by atomic mass is 16.4. The Morgan fingerprint density at radius 3 is 2.46 bits per heavy atom. The Bertz CT molecular complexity index is 874. The number of aromatic nitrogens is 1. The summed E-state index contributed by atoms with van der Waals surface area (Å²) < 4.78 is 6.66. The Kier molecular flexibility index (Phi) is 3.56. The Morgan fingerprint density at radius 2 is 1.81 bits per heavy atom. The second-order valence-corrected chi connectivity index (χ2v) is 8.99. The van der Waals surface area contributed by atoms with Crippen LogP contribution in [0.25, 0.3) is 11.1 Å². The van der Waals surface area contributed by atoms with Gasteiger partial charge >= 0.3 is 5.76 Å². The van der Waals surface area contributed by atoms with E-state index in [1.54, 1.807) is 6.07 Å². The molecule has 0 radical (unpaired) electrons. The summed E-state index contributed by atoms with van der Waals surface area (Å²) in [7, 11) is 0. The van der Waals surface area contributed by atoms with Gasteiger partial charge in [-0.05, 0) is 80.8 Å². The van der Waals surface area contributed by atoms with E-state index >= 15 is 0 Å². The summed E-state index contributed by atoms with van der Waals surface area (Å²) in [5.74, 6) is 2.02. The van der Waals surface area contributed by atoms with Crippen molar-refractivity contribution in [3.63, 3.8) is 0 Å². The van der Waals surface area contributed by atoms with Crippen molar-refractivity contribution in [2.24, 2.45) is 23.2 Å². The van der Waals surface area contributed by atoms with E-state index in [0.29, 0.717) is 11.1 Å². The molecule has 0 aliphatic heterocycles. The number of hydrogen-bond acceptors (Lipinski definition) is 3. The molecule has 4 fully saturated rings. The summed E-state index contributed by atoms with van der Waals surface area (Å²) in [6.45, 7) is 2.19. The van der Waals surface area contributed by atoms with E-state index in [-0.39, 0.29) is 23.9 Å². The summed E-state index contributed by atoms with van der Waals surface area (Å²) in [6.07, 6.45) is 7.97. The Hall–Kier alpha value is -2.04. The van der Waals surface area contributed by atoms with E-state index in [0.717, 1.165) is 17.8 Å². The third-order valence-electron chi connectivity index (χ3n) is 7.26. The molecular formula is C21H26N2O3. The average Bonchev–Trinajstić information content (AvgIpc) is 2.89. The van der Waals surface area contributed by atoms with Crippen LogP contribution in [-0.4, -0.2) is 16.5 Å². The van der Waals surface area contributed by atoms with Gasteiger partial charge in [-0.3, -0.25) is 9.36 Å². The number of fused-ring (bicyclic) bond motifs is 1. The zero-order valence-corrected chi connectivity index (χ0v) is 15.2. The van der Waals surface area contributed by atoms with Crippen molar-refractivity contribution in [1.82, 2.24) is 9.88 Å². The summed E-state index contributed by atoms with van der Waals surface area (Å²) in [5, 5.41) is 3.23. The van der Waals surface area contributed by atoms with E-state index in [4.69, 9.17) is 4.42 Å². The van der Waals surface area contributed by atoms with Gasteiger partial charge in [-0.2, -0.15) is 0 Å². The van der Waals surface area contributed by atoms with Gasteiger partial charge in [0, 0.05) is 6.04 Å². The van der Waals surface area contributed by atoms with E-state index in [9.17, 15) is 9.59 Å². The van der Waals surface area contributed by atoms with Crippen molar-refractivity contribution < 1.29 is 9.21 Å². The molecule has 1 heterocycles. The summed E-state index contributed by atoms with van der Waals surface area (Å²) >= 11 is 0. The predicted octanol–water partition coefficient (Wildman–Crippen LogP) is 3.32. The van der Waals surface area contributed by atoms with Crippen molar-refractivity contribution >= 4 is 17.0 Å². The van der Waals surface area contributed by atoms with Gasteiger partial charge in [0.05, 0.1) is 5.52 Å². The lowest BCUT2D eigenvalue weighted by Gasteiger charge is -2.59. The molecule has 0 unspecified atom stereocenters. The van der Waals surface area contributed by atoms with Gasteiger partial charge in [-0.25, -0.2) is 4.79 Å². The second-order valence-electron chi connectivity index (χ2n) is 8.99. The van der Waals surface area contributed by atoms with Crippen molar-refractivity contribution in [2.45, 2.75) is 58.0 Å². The fourth-order valence-electron chi connectivity index (χ4n) is 6.46. The van der Waals surface area contributed by atoms with Crippen LogP contribution in [0.1, 0.15) is 45.4 Å². The minimum Gasteiger partial charge on any atom is -0.408 e. The molecule has 4 aliphatic carbocycles. The molecule has 138 valence electrons. The number of rotatable bonds is 4. The maximum Gasteiger partial charge on any atom is 0.420 e. The molecule has 0 saturated heterocycles. The molecule has 1 aromatic heterocycles. The van der Waals surface area contributed by atoms with Crippen molar-refractivity contribution in [3.8, 4) is 0 Å². The third-order valence-corrected chi connectivity index (χ3v) is 7.26. The summed E-state index contributed by atoms with van der Waals surface area (Å²) in [5.41, 5.74) is 1.47. The highest BCUT2D eigenvalue weighted by Crippen LogP contribution is 2.61. The fraction of sp³-hybridized carbons (Fsp3) is 0.619. The van der Waals surface area contributed by atoms with Crippen LogP contribution in [-0.2, 0) is 11.3 Å². The first kappa shape index (κ1) is 16.2. The quantitative estimate of drug-likeness (QED) is 0.916. The largest absolute Gasteiger partial charge is 0.420 e. The zero-order chi connectivity index (χ0) is 17.9. The van der Waals surface area contributed by atoms with Gasteiger partial charge in [0.2, 0.25) is 5.91 Å².